The van der Waals surface area contributed by atoms with Crippen LogP contribution in [0.25, 0.3) is 22.1 Å². The minimum absolute atomic E-state index is 0.384. The van der Waals surface area contributed by atoms with Gasteiger partial charge in [-0.15, -0.1) is 10.2 Å². The molecule has 1 saturated carbocycles. The largest absolute Gasteiger partial charge is 0.337 e. The molecule has 5 rings (SSSR count). The van der Waals surface area contributed by atoms with Crippen molar-refractivity contribution in [2.45, 2.75) is 53.4 Å². The number of rotatable bonds is 3. The quantitative estimate of drug-likeness (QED) is 0.338. The van der Waals surface area contributed by atoms with Crippen LogP contribution in [0.5, 0.6) is 0 Å². The molecular formula is C24H30N6. The van der Waals surface area contributed by atoms with Crippen molar-refractivity contribution in [1.82, 2.24) is 20.2 Å². The lowest BCUT2D eigenvalue weighted by Gasteiger charge is -2.46. The Kier molecular flexibility index (Phi) is 4.60. The summed E-state index contributed by atoms with van der Waals surface area (Å²) >= 11 is 0. The summed E-state index contributed by atoms with van der Waals surface area (Å²) in [7, 11) is 0. The minimum Gasteiger partial charge on any atom is -0.337 e. The van der Waals surface area contributed by atoms with Gasteiger partial charge in [0.25, 0.3) is 5.95 Å². The molecule has 2 aliphatic carbocycles. The van der Waals surface area contributed by atoms with Gasteiger partial charge in [-0.3, -0.25) is 0 Å². The van der Waals surface area contributed by atoms with Crippen molar-refractivity contribution < 1.29 is 0 Å². The van der Waals surface area contributed by atoms with Crippen LogP contribution < -0.4 is 5.43 Å². The minimum atomic E-state index is 0.384. The molecule has 3 atom stereocenters. The normalized spacial score (nSPS) is 26.1. The highest BCUT2D eigenvalue weighted by atomic mass is 15.4. The molecular weight excluding hydrogens is 372 g/mol. The molecule has 2 aromatic heterocycles. The molecule has 0 spiro atoms. The lowest BCUT2D eigenvalue weighted by molar-refractivity contribution is 0.149. The molecule has 2 N–H and O–H groups in total. The first kappa shape index (κ1) is 19.2. The molecule has 0 amide bonds. The second kappa shape index (κ2) is 7.18. The Bertz CT molecular complexity index is 1160. The molecule has 0 radical (unpaired) electrons. The topological polar surface area (TPSA) is 78.9 Å². The molecule has 6 nitrogen and oxygen atoms in total. The number of aryl methyl sites for hydroxylation is 1. The third-order valence-corrected chi connectivity index (χ3v) is 7.27. The van der Waals surface area contributed by atoms with Gasteiger partial charge in [-0.1, -0.05) is 50.6 Å². The maximum atomic E-state index is 4.58. The van der Waals surface area contributed by atoms with E-state index in [-0.39, 0.29) is 0 Å². The summed E-state index contributed by atoms with van der Waals surface area (Å²) in [6, 6.07) is 6.15. The van der Waals surface area contributed by atoms with Gasteiger partial charge < -0.3 is 4.98 Å². The maximum absolute atomic E-state index is 4.58. The van der Waals surface area contributed by atoms with Crippen molar-refractivity contribution in [3.8, 4) is 0 Å². The van der Waals surface area contributed by atoms with Gasteiger partial charge in [-0.25, -0.2) is 5.43 Å². The zero-order valence-electron chi connectivity index (χ0n) is 18.2. The van der Waals surface area contributed by atoms with Gasteiger partial charge in [0.1, 0.15) is 5.52 Å². The third-order valence-electron chi connectivity index (χ3n) is 7.27. The SMILES string of the molecule is Cc1cccc2c1[nH]c1nc(N/N=C\[C@H]3C[C@@H]4C(=CCCC4(C)C)C[C@@H]3C)nnc12. The number of benzene rings is 1. The number of para-hydroxylation sites is 1. The predicted molar refractivity (Wildman–Crippen MR) is 123 cm³/mol. The highest BCUT2D eigenvalue weighted by Crippen LogP contribution is 2.50. The van der Waals surface area contributed by atoms with E-state index in [9.17, 15) is 0 Å². The van der Waals surface area contributed by atoms with E-state index in [0.29, 0.717) is 29.1 Å². The number of allylic oxidation sites excluding steroid dienone is 2. The summed E-state index contributed by atoms with van der Waals surface area (Å²) < 4.78 is 0. The van der Waals surface area contributed by atoms with Crippen molar-refractivity contribution >= 4 is 34.2 Å². The first-order valence-electron chi connectivity index (χ1n) is 11.0. The lowest BCUT2D eigenvalue weighted by Crippen LogP contribution is -2.36. The van der Waals surface area contributed by atoms with Crippen LogP contribution in [0.2, 0.25) is 0 Å². The van der Waals surface area contributed by atoms with Crippen molar-refractivity contribution in [2.24, 2.45) is 28.3 Å². The van der Waals surface area contributed by atoms with Gasteiger partial charge in [-0.2, -0.15) is 10.1 Å². The molecule has 1 aromatic carbocycles. The smallest absolute Gasteiger partial charge is 0.265 e. The summed E-state index contributed by atoms with van der Waals surface area (Å²) in [6.45, 7) is 9.26. The average Bonchev–Trinajstić information content (AvgIpc) is 3.08. The van der Waals surface area contributed by atoms with E-state index in [1.807, 2.05) is 12.1 Å². The number of hydrogen-bond acceptors (Lipinski definition) is 5. The Morgan fingerprint density at radius 3 is 3.00 bits per heavy atom. The number of hydrogen-bond donors (Lipinski definition) is 2. The second-order valence-electron chi connectivity index (χ2n) is 9.78. The standard InChI is InChI=1S/C24H30N6/c1-14-7-5-9-18-20(14)26-22-21(18)28-30-23(27-22)29-25-13-17-12-19-16(11-15(17)2)8-6-10-24(19,3)4/h5,7-9,13,15,17,19H,6,10-12H2,1-4H3,(H2,26,27,29,30)/b25-13-/t15-,17+,19+/m0/s1. The lowest BCUT2D eigenvalue weighted by atomic mass is 9.59. The summed E-state index contributed by atoms with van der Waals surface area (Å²) in [5, 5.41) is 14.2. The first-order chi connectivity index (χ1) is 14.4. The molecule has 2 heterocycles. The zero-order valence-corrected chi connectivity index (χ0v) is 18.2. The van der Waals surface area contributed by atoms with Crippen LogP contribution in [0.1, 0.15) is 52.0 Å². The number of nitrogens with zero attached hydrogens (tertiary/aromatic N) is 4. The van der Waals surface area contributed by atoms with Crippen LogP contribution in [0, 0.1) is 30.1 Å². The van der Waals surface area contributed by atoms with Gasteiger partial charge in [0.05, 0.1) is 5.52 Å². The monoisotopic (exact) mass is 402 g/mol. The summed E-state index contributed by atoms with van der Waals surface area (Å²) in [6.07, 6.45) is 9.42. The van der Waals surface area contributed by atoms with Crippen LogP contribution in [0.3, 0.4) is 0 Å². The number of fused-ring (bicyclic) bond motifs is 4. The van der Waals surface area contributed by atoms with Crippen molar-refractivity contribution in [3.63, 3.8) is 0 Å². The van der Waals surface area contributed by atoms with E-state index in [1.54, 1.807) is 5.57 Å². The Morgan fingerprint density at radius 2 is 2.13 bits per heavy atom. The van der Waals surface area contributed by atoms with E-state index in [4.69, 9.17) is 0 Å². The van der Waals surface area contributed by atoms with Crippen LogP contribution in [0.15, 0.2) is 34.9 Å². The highest BCUT2D eigenvalue weighted by molar-refractivity contribution is 6.04. The number of aromatic nitrogens is 4. The van der Waals surface area contributed by atoms with Gasteiger partial charge in [0, 0.05) is 11.6 Å². The molecule has 30 heavy (non-hydrogen) atoms. The van der Waals surface area contributed by atoms with Crippen LogP contribution in [-0.4, -0.2) is 26.4 Å². The maximum Gasteiger partial charge on any atom is 0.265 e. The van der Waals surface area contributed by atoms with Crippen LogP contribution >= 0.6 is 0 Å². The number of aromatic amines is 1. The average molecular weight is 403 g/mol. The summed E-state index contributed by atoms with van der Waals surface area (Å²) in [4.78, 5) is 7.94. The number of anilines is 1. The van der Waals surface area contributed by atoms with Gasteiger partial charge in [0.2, 0.25) is 0 Å². The van der Waals surface area contributed by atoms with Gasteiger partial charge in [0.15, 0.2) is 5.65 Å². The Balaban J connectivity index is 1.33. The molecule has 3 aromatic rings. The summed E-state index contributed by atoms with van der Waals surface area (Å²) in [5.74, 6) is 2.15. The van der Waals surface area contributed by atoms with E-state index in [2.05, 4.69) is 76.7 Å². The van der Waals surface area contributed by atoms with Gasteiger partial charge in [-0.05, 0) is 61.3 Å². The van der Waals surface area contributed by atoms with Crippen molar-refractivity contribution in [1.29, 1.82) is 0 Å². The van der Waals surface area contributed by atoms with Crippen LogP contribution in [0.4, 0.5) is 5.95 Å². The van der Waals surface area contributed by atoms with E-state index >= 15 is 0 Å². The molecule has 0 aliphatic heterocycles. The highest BCUT2D eigenvalue weighted by Gasteiger charge is 2.40. The van der Waals surface area contributed by atoms with Crippen molar-refractivity contribution in [2.75, 3.05) is 5.43 Å². The Labute approximate surface area is 177 Å². The molecule has 2 aliphatic rings. The number of hydrazone groups is 1. The predicted octanol–water partition coefficient (Wildman–Crippen LogP) is 5.62. The fourth-order valence-corrected chi connectivity index (χ4v) is 5.36. The summed E-state index contributed by atoms with van der Waals surface area (Å²) in [5.41, 5.74) is 8.82. The molecule has 0 saturated heterocycles. The molecule has 156 valence electrons. The molecule has 0 bridgehead atoms. The van der Waals surface area contributed by atoms with Crippen LogP contribution in [-0.2, 0) is 0 Å². The second-order valence-corrected chi connectivity index (χ2v) is 9.78. The fraction of sp³-hybridized carbons (Fsp3) is 0.500. The molecule has 0 unspecified atom stereocenters. The van der Waals surface area contributed by atoms with E-state index < -0.39 is 0 Å². The molecule has 1 fully saturated rings. The van der Waals surface area contributed by atoms with Crippen molar-refractivity contribution in [3.05, 3.63) is 35.4 Å². The van der Waals surface area contributed by atoms with E-state index in [1.165, 1.54) is 31.2 Å². The first-order valence-corrected chi connectivity index (χ1v) is 11.0. The van der Waals surface area contributed by atoms with Gasteiger partial charge >= 0.3 is 0 Å². The molecule has 6 heteroatoms. The third kappa shape index (κ3) is 3.28. The number of H-pyrrole nitrogens is 1. The Hall–Kier alpha value is -2.76. The van der Waals surface area contributed by atoms with E-state index in [0.717, 1.165) is 22.1 Å². The Morgan fingerprint density at radius 1 is 1.27 bits per heavy atom. The fourth-order valence-electron chi connectivity index (χ4n) is 5.36. The number of nitrogens with one attached hydrogen (secondary N) is 2. The zero-order chi connectivity index (χ0) is 20.9.